The molecule has 10 nitrogen and oxygen atoms in total. The predicted molar refractivity (Wildman–Crippen MR) is 157 cm³/mol. The zero-order valence-electron chi connectivity index (χ0n) is 22.6. The standard InChI is InChI=1S/C31H27FN8O2/c32-20-7-18(9-22(41)10-20)24-14-34-15-27-29(24)38-31(37-27)30-23-11-25(35-16-26(23)39-40-30)19-8-21(13-33-12-19)36-28(42)6-17-4-2-1-3-5-17/h7-17,41H,1-6H2,(H,36,42)(H,37,38)(H,39,40). The molecule has 1 fully saturated rings. The molecule has 210 valence electrons. The topological polar surface area (TPSA) is 145 Å². The van der Waals surface area contributed by atoms with Gasteiger partial charge in [0.25, 0.3) is 0 Å². The van der Waals surface area contributed by atoms with Gasteiger partial charge in [-0.3, -0.25) is 24.8 Å². The van der Waals surface area contributed by atoms with Gasteiger partial charge in [-0.05, 0) is 48.6 Å². The van der Waals surface area contributed by atoms with Gasteiger partial charge >= 0.3 is 0 Å². The molecule has 0 unspecified atom stereocenters. The Morgan fingerprint density at radius 2 is 1.81 bits per heavy atom. The molecule has 0 bridgehead atoms. The van der Waals surface area contributed by atoms with Crippen LogP contribution in [0.25, 0.3) is 55.8 Å². The lowest BCUT2D eigenvalue weighted by Gasteiger charge is -2.20. The molecule has 0 atom stereocenters. The van der Waals surface area contributed by atoms with Crippen LogP contribution in [0.2, 0.25) is 0 Å². The Kier molecular flexibility index (Phi) is 6.54. The molecule has 1 aromatic carbocycles. The minimum atomic E-state index is -0.557. The molecule has 7 rings (SSSR count). The van der Waals surface area contributed by atoms with Crippen LogP contribution in [0.4, 0.5) is 10.1 Å². The normalized spacial score (nSPS) is 14.0. The number of amides is 1. The number of imidazole rings is 1. The van der Waals surface area contributed by atoms with Crippen molar-refractivity contribution in [1.82, 2.24) is 35.1 Å². The second-order valence-corrected chi connectivity index (χ2v) is 10.8. The second kappa shape index (κ2) is 10.7. The molecule has 1 amide bonds. The van der Waals surface area contributed by atoms with Crippen molar-refractivity contribution in [3.05, 3.63) is 67.1 Å². The van der Waals surface area contributed by atoms with Gasteiger partial charge in [0.1, 0.15) is 17.3 Å². The third-order valence-corrected chi connectivity index (χ3v) is 7.78. The summed E-state index contributed by atoms with van der Waals surface area (Å²) < 4.78 is 14.0. The van der Waals surface area contributed by atoms with Crippen LogP contribution in [0.5, 0.6) is 5.75 Å². The second-order valence-electron chi connectivity index (χ2n) is 10.8. The molecule has 0 spiro atoms. The van der Waals surface area contributed by atoms with E-state index in [1.165, 1.54) is 31.4 Å². The van der Waals surface area contributed by atoms with Crippen molar-refractivity contribution in [3.63, 3.8) is 0 Å². The monoisotopic (exact) mass is 562 g/mol. The number of aromatic hydroxyl groups is 1. The maximum atomic E-state index is 14.0. The van der Waals surface area contributed by atoms with Crippen LogP contribution in [-0.4, -0.2) is 46.1 Å². The molecule has 0 radical (unpaired) electrons. The molecular formula is C31H27FN8O2. The molecule has 5 heterocycles. The van der Waals surface area contributed by atoms with E-state index in [0.29, 0.717) is 62.9 Å². The van der Waals surface area contributed by atoms with Crippen LogP contribution in [-0.2, 0) is 4.79 Å². The number of hydrogen-bond donors (Lipinski definition) is 4. The Morgan fingerprint density at radius 1 is 0.952 bits per heavy atom. The third kappa shape index (κ3) is 5.05. The number of pyridine rings is 3. The van der Waals surface area contributed by atoms with Crippen molar-refractivity contribution in [2.24, 2.45) is 5.92 Å². The number of nitrogens with zero attached hydrogens (tertiary/aromatic N) is 5. The highest BCUT2D eigenvalue weighted by Crippen LogP contribution is 2.34. The first-order chi connectivity index (χ1) is 20.5. The van der Waals surface area contributed by atoms with Crippen molar-refractivity contribution < 1.29 is 14.3 Å². The smallest absolute Gasteiger partial charge is 0.224 e. The first-order valence-electron chi connectivity index (χ1n) is 13.9. The minimum absolute atomic E-state index is 0.00794. The number of fused-ring (bicyclic) bond motifs is 2. The van der Waals surface area contributed by atoms with E-state index >= 15 is 0 Å². The summed E-state index contributed by atoms with van der Waals surface area (Å²) in [7, 11) is 0. The summed E-state index contributed by atoms with van der Waals surface area (Å²) in [6.07, 6.45) is 14.7. The summed E-state index contributed by atoms with van der Waals surface area (Å²) in [6, 6.07) is 7.61. The molecule has 6 aromatic rings. The molecule has 1 saturated carbocycles. The molecule has 1 aliphatic rings. The van der Waals surface area contributed by atoms with Gasteiger partial charge in [-0.25, -0.2) is 9.37 Å². The molecule has 42 heavy (non-hydrogen) atoms. The Morgan fingerprint density at radius 3 is 2.67 bits per heavy atom. The number of phenolic OH excluding ortho intramolecular Hbond substituents is 1. The SMILES string of the molecule is O=C(CC1CCCCC1)Nc1cncc(-c2cc3c(-c4nc5c(-c6cc(O)cc(F)c6)cncc5[nH]4)n[nH]c3cn2)c1. The number of aromatic nitrogens is 7. The average molecular weight is 563 g/mol. The van der Waals surface area contributed by atoms with Gasteiger partial charge in [0.05, 0.1) is 46.5 Å². The van der Waals surface area contributed by atoms with E-state index in [-0.39, 0.29) is 11.7 Å². The molecule has 0 aliphatic heterocycles. The Labute approximate surface area is 239 Å². The largest absolute Gasteiger partial charge is 0.508 e. The summed E-state index contributed by atoms with van der Waals surface area (Å²) in [5.41, 5.74) is 5.56. The van der Waals surface area contributed by atoms with E-state index in [1.54, 1.807) is 31.0 Å². The first kappa shape index (κ1) is 25.8. The molecule has 11 heteroatoms. The van der Waals surface area contributed by atoms with Gasteiger partial charge in [0.2, 0.25) is 5.91 Å². The van der Waals surface area contributed by atoms with Crippen LogP contribution < -0.4 is 5.32 Å². The van der Waals surface area contributed by atoms with Crippen molar-refractivity contribution in [2.45, 2.75) is 38.5 Å². The number of carbonyl (C=O) groups excluding carboxylic acids is 1. The molecule has 1 aliphatic carbocycles. The number of phenols is 1. The highest BCUT2D eigenvalue weighted by atomic mass is 19.1. The number of H-pyrrole nitrogens is 2. The van der Waals surface area contributed by atoms with Gasteiger partial charge < -0.3 is 15.4 Å². The summed E-state index contributed by atoms with van der Waals surface area (Å²) in [5.74, 6) is 0.208. The fourth-order valence-corrected chi connectivity index (χ4v) is 5.75. The van der Waals surface area contributed by atoms with E-state index < -0.39 is 5.82 Å². The molecule has 4 N–H and O–H groups in total. The van der Waals surface area contributed by atoms with E-state index in [1.807, 2.05) is 12.1 Å². The first-order valence-corrected chi connectivity index (χ1v) is 13.9. The van der Waals surface area contributed by atoms with Crippen LogP contribution >= 0.6 is 0 Å². The lowest BCUT2D eigenvalue weighted by atomic mass is 9.87. The fraction of sp³-hybridized carbons (Fsp3) is 0.226. The van der Waals surface area contributed by atoms with Crippen molar-refractivity contribution in [3.8, 4) is 39.7 Å². The molecule has 0 saturated heterocycles. The van der Waals surface area contributed by atoms with E-state index in [2.05, 4.69) is 35.5 Å². The molecule has 5 aromatic heterocycles. The average Bonchev–Trinajstić information content (AvgIpc) is 3.61. The Balaban J connectivity index is 1.20. The Hall–Kier alpha value is -5.19. The third-order valence-electron chi connectivity index (χ3n) is 7.78. The number of aromatic amines is 2. The van der Waals surface area contributed by atoms with Gasteiger partial charge in [0, 0.05) is 41.4 Å². The highest BCUT2D eigenvalue weighted by molar-refractivity contribution is 5.97. The summed E-state index contributed by atoms with van der Waals surface area (Å²) in [5, 5.41) is 21.2. The number of anilines is 1. The number of benzene rings is 1. The van der Waals surface area contributed by atoms with Crippen LogP contribution in [0, 0.1) is 11.7 Å². The maximum Gasteiger partial charge on any atom is 0.224 e. The fourth-order valence-electron chi connectivity index (χ4n) is 5.75. The number of carbonyl (C=O) groups is 1. The number of nitrogens with one attached hydrogen (secondary N) is 3. The zero-order valence-corrected chi connectivity index (χ0v) is 22.6. The van der Waals surface area contributed by atoms with Crippen LogP contribution in [0.1, 0.15) is 38.5 Å². The van der Waals surface area contributed by atoms with Gasteiger partial charge in [0.15, 0.2) is 5.82 Å². The Bertz CT molecular complexity index is 1920. The predicted octanol–water partition coefficient (Wildman–Crippen LogP) is 6.38. The summed E-state index contributed by atoms with van der Waals surface area (Å²) >= 11 is 0. The van der Waals surface area contributed by atoms with Gasteiger partial charge in [-0.2, -0.15) is 5.10 Å². The zero-order chi connectivity index (χ0) is 28.6. The lowest BCUT2D eigenvalue weighted by Crippen LogP contribution is -2.18. The van der Waals surface area contributed by atoms with Crippen molar-refractivity contribution in [2.75, 3.05) is 5.32 Å². The minimum Gasteiger partial charge on any atom is -0.508 e. The summed E-state index contributed by atoms with van der Waals surface area (Å²) in [6.45, 7) is 0. The van der Waals surface area contributed by atoms with E-state index in [4.69, 9.17) is 4.98 Å². The quantitative estimate of drug-likeness (QED) is 0.184. The molecular weight excluding hydrogens is 535 g/mol. The van der Waals surface area contributed by atoms with Crippen LogP contribution in [0.3, 0.4) is 0 Å². The van der Waals surface area contributed by atoms with Crippen LogP contribution in [0.15, 0.2) is 61.3 Å². The van der Waals surface area contributed by atoms with Gasteiger partial charge in [-0.15, -0.1) is 0 Å². The van der Waals surface area contributed by atoms with E-state index in [9.17, 15) is 14.3 Å². The van der Waals surface area contributed by atoms with Crippen molar-refractivity contribution in [1.29, 1.82) is 0 Å². The van der Waals surface area contributed by atoms with Gasteiger partial charge in [-0.1, -0.05) is 19.3 Å². The number of hydrogen-bond acceptors (Lipinski definition) is 7. The highest BCUT2D eigenvalue weighted by Gasteiger charge is 2.19. The van der Waals surface area contributed by atoms with Crippen molar-refractivity contribution >= 4 is 33.5 Å². The number of rotatable bonds is 6. The lowest BCUT2D eigenvalue weighted by molar-refractivity contribution is -0.117. The summed E-state index contributed by atoms with van der Waals surface area (Å²) in [4.78, 5) is 33.9. The van der Waals surface area contributed by atoms with E-state index in [0.717, 1.165) is 29.9 Å². The number of halogens is 1. The maximum absolute atomic E-state index is 14.0.